The monoisotopic (exact) mass is 525 g/mol. The van der Waals surface area contributed by atoms with Crippen LogP contribution in [0.25, 0.3) is 0 Å². The molecule has 0 aliphatic carbocycles. The Labute approximate surface area is 217 Å². The molecule has 1 atom stereocenters. The summed E-state index contributed by atoms with van der Waals surface area (Å²) < 4.78 is 12.9. The van der Waals surface area contributed by atoms with Crippen molar-refractivity contribution in [2.75, 3.05) is 47.0 Å². The first-order valence-electron chi connectivity index (χ1n) is 12.1. The molecule has 1 fully saturated rings. The fourth-order valence-electron chi connectivity index (χ4n) is 4.64. The molecule has 2 aliphatic rings. The lowest BCUT2D eigenvalue weighted by Gasteiger charge is -2.26. The maximum absolute atomic E-state index is 12.9. The normalized spacial score (nSPS) is 17.9. The second kappa shape index (κ2) is 10.8. The number of benzene rings is 2. The van der Waals surface area contributed by atoms with Crippen LogP contribution in [0.3, 0.4) is 0 Å². The molecule has 0 unspecified atom stereocenters. The molecule has 1 aromatic heterocycles. The fraction of sp³-hybridized carbons (Fsp3) is 0.346. The van der Waals surface area contributed by atoms with E-state index in [4.69, 9.17) is 26.7 Å². The van der Waals surface area contributed by atoms with Gasteiger partial charge in [-0.25, -0.2) is 4.98 Å². The van der Waals surface area contributed by atoms with E-state index in [9.17, 15) is 9.00 Å². The number of hydrogen-bond acceptors (Lipinski definition) is 7. The van der Waals surface area contributed by atoms with E-state index in [1.165, 1.54) is 0 Å². The summed E-state index contributed by atoms with van der Waals surface area (Å²) in [6.45, 7) is 3.37. The lowest BCUT2D eigenvalue weighted by molar-refractivity contribution is -0.136. The number of nitrogens with one attached hydrogen (secondary N) is 1. The van der Waals surface area contributed by atoms with Crippen molar-refractivity contribution in [2.45, 2.75) is 30.6 Å². The van der Waals surface area contributed by atoms with Gasteiger partial charge in [-0.3, -0.25) is 9.00 Å². The first-order valence-corrected chi connectivity index (χ1v) is 13.8. The van der Waals surface area contributed by atoms with Crippen LogP contribution in [-0.2, 0) is 28.4 Å². The van der Waals surface area contributed by atoms with E-state index < -0.39 is 16.8 Å². The Kier molecular flexibility index (Phi) is 7.38. The number of rotatable bonds is 6. The van der Waals surface area contributed by atoms with E-state index in [0.29, 0.717) is 22.4 Å². The summed E-state index contributed by atoms with van der Waals surface area (Å²) in [5, 5.41) is 13.1. The molecule has 0 amide bonds. The predicted octanol–water partition coefficient (Wildman–Crippen LogP) is 4.27. The van der Waals surface area contributed by atoms with Crippen LogP contribution >= 0.6 is 11.6 Å². The van der Waals surface area contributed by atoms with E-state index in [0.717, 1.165) is 73.1 Å². The SMILES string of the molecule is O=C(O)Cc1ccc(Nc2nc(N3CCCN(c4ccc(Cl)cc4)CC3)nc3c2[S@](=O)CCC3)cc1. The van der Waals surface area contributed by atoms with Gasteiger partial charge in [0.2, 0.25) is 5.95 Å². The largest absolute Gasteiger partial charge is 0.481 e. The average Bonchev–Trinajstić information content (AvgIpc) is 3.12. The Hall–Kier alpha value is -3.17. The molecule has 0 spiro atoms. The molecule has 188 valence electrons. The van der Waals surface area contributed by atoms with E-state index >= 15 is 0 Å². The number of carboxylic acids is 1. The number of fused-ring (bicyclic) bond motifs is 1. The zero-order valence-electron chi connectivity index (χ0n) is 19.8. The number of carbonyl (C=O) groups is 1. The highest BCUT2D eigenvalue weighted by Crippen LogP contribution is 2.32. The molecule has 0 saturated carbocycles. The highest BCUT2D eigenvalue weighted by Gasteiger charge is 2.26. The van der Waals surface area contributed by atoms with Crippen LogP contribution in [0.5, 0.6) is 0 Å². The third-order valence-corrected chi connectivity index (χ3v) is 8.23. The Morgan fingerprint density at radius 1 is 0.972 bits per heavy atom. The summed E-state index contributed by atoms with van der Waals surface area (Å²) in [5.41, 5.74) is 3.48. The van der Waals surface area contributed by atoms with Gasteiger partial charge in [-0.2, -0.15) is 4.98 Å². The zero-order valence-corrected chi connectivity index (χ0v) is 21.4. The molecule has 3 heterocycles. The van der Waals surface area contributed by atoms with Gasteiger partial charge in [-0.15, -0.1) is 0 Å². The summed E-state index contributed by atoms with van der Waals surface area (Å²) in [4.78, 5) is 25.9. The van der Waals surface area contributed by atoms with Crippen molar-refractivity contribution in [2.24, 2.45) is 0 Å². The third kappa shape index (κ3) is 5.63. The van der Waals surface area contributed by atoms with E-state index in [-0.39, 0.29) is 6.42 Å². The maximum Gasteiger partial charge on any atom is 0.307 e. The second-order valence-electron chi connectivity index (χ2n) is 9.00. The Balaban J connectivity index is 1.39. The van der Waals surface area contributed by atoms with Crippen LogP contribution in [0.2, 0.25) is 5.02 Å². The first kappa shape index (κ1) is 24.5. The molecule has 10 heteroatoms. The van der Waals surface area contributed by atoms with Gasteiger partial charge in [0, 0.05) is 48.3 Å². The van der Waals surface area contributed by atoms with E-state index in [2.05, 4.69) is 15.1 Å². The molecular formula is C26H28ClN5O3S. The number of aryl methyl sites for hydroxylation is 1. The zero-order chi connectivity index (χ0) is 25.1. The molecule has 8 nitrogen and oxygen atoms in total. The van der Waals surface area contributed by atoms with Crippen LogP contribution in [0.4, 0.5) is 23.1 Å². The lowest BCUT2D eigenvalue weighted by atomic mass is 10.1. The number of nitrogens with zero attached hydrogens (tertiary/aromatic N) is 4. The van der Waals surface area contributed by atoms with Crippen molar-refractivity contribution < 1.29 is 14.1 Å². The van der Waals surface area contributed by atoms with Crippen LogP contribution in [-0.4, -0.2) is 57.2 Å². The Morgan fingerprint density at radius 3 is 2.44 bits per heavy atom. The molecule has 5 rings (SSSR count). The minimum Gasteiger partial charge on any atom is -0.481 e. The van der Waals surface area contributed by atoms with Crippen LogP contribution in [0.1, 0.15) is 24.1 Å². The summed E-state index contributed by atoms with van der Waals surface area (Å²) in [5.74, 6) is 0.947. The highest BCUT2D eigenvalue weighted by atomic mass is 35.5. The number of aliphatic carboxylic acids is 1. The summed E-state index contributed by atoms with van der Waals surface area (Å²) in [6.07, 6.45) is 2.54. The third-order valence-electron chi connectivity index (χ3n) is 6.44. The second-order valence-corrected chi connectivity index (χ2v) is 10.9. The van der Waals surface area contributed by atoms with Crippen molar-refractivity contribution >= 4 is 51.5 Å². The smallest absolute Gasteiger partial charge is 0.307 e. The molecule has 0 radical (unpaired) electrons. The van der Waals surface area contributed by atoms with Gasteiger partial charge in [0.05, 0.1) is 22.9 Å². The topological polar surface area (TPSA) is 98.7 Å². The number of hydrogen-bond donors (Lipinski definition) is 2. The maximum atomic E-state index is 12.9. The summed E-state index contributed by atoms with van der Waals surface area (Å²) >= 11 is 6.06. The number of halogens is 1. The van der Waals surface area contributed by atoms with Gasteiger partial charge in [0.25, 0.3) is 0 Å². The van der Waals surface area contributed by atoms with Gasteiger partial charge < -0.3 is 20.2 Å². The number of anilines is 4. The molecule has 1 saturated heterocycles. The van der Waals surface area contributed by atoms with Gasteiger partial charge in [-0.05, 0) is 61.2 Å². The molecule has 2 aliphatic heterocycles. The number of aromatic nitrogens is 2. The van der Waals surface area contributed by atoms with Crippen molar-refractivity contribution in [3.63, 3.8) is 0 Å². The Bertz CT molecular complexity index is 1270. The molecule has 2 N–H and O–H groups in total. The van der Waals surface area contributed by atoms with Crippen LogP contribution in [0, 0.1) is 0 Å². The molecule has 3 aromatic rings. The Morgan fingerprint density at radius 2 is 1.69 bits per heavy atom. The fourth-order valence-corrected chi connectivity index (χ4v) is 6.10. The van der Waals surface area contributed by atoms with Gasteiger partial charge in [0.15, 0.2) is 5.82 Å². The van der Waals surface area contributed by atoms with E-state index in [1.54, 1.807) is 12.1 Å². The molecule has 0 bridgehead atoms. The number of carboxylic acid groups (broad SMARTS) is 1. The van der Waals surface area contributed by atoms with Gasteiger partial charge >= 0.3 is 5.97 Å². The van der Waals surface area contributed by atoms with Crippen LogP contribution in [0.15, 0.2) is 53.4 Å². The van der Waals surface area contributed by atoms with Gasteiger partial charge in [0.1, 0.15) is 4.90 Å². The van der Waals surface area contributed by atoms with E-state index in [1.807, 2.05) is 36.4 Å². The quantitative estimate of drug-likeness (QED) is 0.492. The molecular weight excluding hydrogens is 498 g/mol. The van der Waals surface area contributed by atoms with Crippen molar-refractivity contribution in [1.29, 1.82) is 0 Å². The average molecular weight is 526 g/mol. The minimum absolute atomic E-state index is 0.0284. The first-order chi connectivity index (χ1) is 17.5. The summed E-state index contributed by atoms with van der Waals surface area (Å²) in [6, 6.07) is 15.1. The highest BCUT2D eigenvalue weighted by molar-refractivity contribution is 7.85. The van der Waals surface area contributed by atoms with Crippen molar-refractivity contribution in [3.8, 4) is 0 Å². The van der Waals surface area contributed by atoms with Crippen molar-refractivity contribution in [3.05, 3.63) is 64.8 Å². The standard InChI is InChI=1S/C26H28ClN5O3S/c27-19-6-10-21(11-7-19)31-12-2-13-32(15-14-31)26-29-22-3-1-16-36(35)24(22)25(30-26)28-20-8-4-18(5-9-20)17-23(33)34/h4-11H,1-3,12-17H2,(H,33,34)(H,28,29,30)/t36-/m1/s1. The summed E-state index contributed by atoms with van der Waals surface area (Å²) in [7, 11) is -1.16. The van der Waals surface area contributed by atoms with Crippen molar-refractivity contribution in [1.82, 2.24) is 9.97 Å². The lowest BCUT2D eigenvalue weighted by Crippen LogP contribution is -2.32. The van der Waals surface area contributed by atoms with Gasteiger partial charge in [-0.1, -0.05) is 23.7 Å². The van der Waals surface area contributed by atoms with Crippen LogP contribution < -0.4 is 15.1 Å². The molecule has 36 heavy (non-hydrogen) atoms. The predicted molar refractivity (Wildman–Crippen MR) is 143 cm³/mol. The minimum atomic E-state index is -1.16. The molecule has 2 aromatic carbocycles.